The molecule has 160 valence electrons. The number of aryl methyl sites for hydroxylation is 2. The molecule has 12 heteroatoms. The number of hydrogen-bond donors (Lipinski definition) is 3. The maximum atomic E-state index is 5.41. The monoisotopic (exact) mass is 429 g/mol. The molecule has 0 unspecified atom stereocenters. The van der Waals surface area contributed by atoms with Crippen LogP contribution in [0.1, 0.15) is 30.9 Å². The van der Waals surface area contributed by atoms with Crippen molar-refractivity contribution < 1.29 is 0 Å². The van der Waals surface area contributed by atoms with Gasteiger partial charge in [0, 0.05) is 44.4 Å². The molecule has 3 heterocycles. The molecule has 2 aromatic heterocycles. The van der Waals surface area contributed by atoms with Crippen LogP contribution >= 0.6 is 12.2 Å². The van der Waals surface area contributed by atoms with Crippen LogP contribution in [0.5, 0.6) is 0 Å². The van der Waals surface area contributed by atoms with Gasteiger partial charge in [-0.1, -0.05) is 6.92 Å². The van der Waals surface area contributed by atoms with Gasteiger partial charge in [-0.3, -0.25) is 10.7 Å². The summed E-state index contributed by atoms with van der Waals surface area (Å²) in [5.74, 6) is 2.24. The van der Waals surface area contributed by atoms with Gasteiger partial charge in [-0.25, -0.2) is 9.97 Å². The summed E-state index contributed by atoms with van der Waals surface area (Å²) in [6.07, 6.45) is 2.40. The fourth-order valence-electron chi connectivity index (χ4n) is 2.95. The summed E-state index contributed by atoms with van der Waals surface area (Å²) < 4.78 is 0. The third-order valence-corrected chi connectivity index (χ3v) is 4.79. The Morgan fingerprint density at radius 2 is 1.90 bits per heavy atom. The van der Waals surface area contributed by atoms with E-state index in [1.807, 2.05) is 20.8 Å². The lowest BCUT2D eigenvalue weighted by molar-refractivity contribution is 0.311. The molecule has 0 atom stereocenters. The number of anilines is 3. The van der Waals surface area contributed by atoms with Crippen molar-refractivity contribution >= 4 is 40.9 Å². The molecule has 0 radical (unpaired) electrons. The number of hydrogen-bond acceptors (Lipinski definition) is 10. The predicted molar refractivity (Wildman–Crippen MR) is 121 cm³/mol. The summed E-state index contributed by atoms with van der Waals surface area (Å²) in [6, 6.07) is 0. The molecule has 4 N–H and O–H groups in total. The Morgan fingerprint density at radius 3 is 2.53 bits per heavy atom. The van der Waals surface area contributed by atoms with E-state index in [0.29, 0.717) is 30.0 Å². The zero-order chi connectivity index (χ0) is 21.7. The minimum absolute atomic E-state index is 0.101. The van der Waals surface area contributed by atoms with E-state index in [-0.39, 0.29) is 5.11 Å². The number of nitrogens with zero attached hydrogens (tertiary/aromatic N) is 8. The lowest BCUT2D eigenvalue weighted by Crippen LogP contribution is -2.45. The van der Waals surface area contributed by atoms with Gasteiger partial charge in [0.15, 0.2) is 5.11 Å². The van der Waals surface area contributed by atoms with Crippen molar-refractivity contribution in [3.63, 3.8) is 0 Å². The Labute approximate surface area is 181 Å². The third-order valence-electron chi connectivity index (χ3n) is 4.70. The SMILES string of the molecule is CCc1nc(Nc2ncc(/C(C)=N/NC(N)=S)c(C)n2)nc(N2CCN(C)CC2)n1. The molecule has 0 saturated carbocycles. The number of aromatic nitrogens is 5. The van der Waals surface area contributed by atoms with E-state index >= 15 is 0 Å². The molecule has 1 aliphatic rings. The quantitative estimate of drug-likeness (QED) is 0.338. The molecule has 0 aliphatic carbocycles. The average molecular weight is 430 g/mol. The van der Waals surface area contributed by atoms with Crippen LogP contribution in [0.2, 0.25) is 0 Å². The maximum Gasteiger partial charge on any atom is 0.234 e. The highest BCUT2D eigenvalue weighted by molar-refractivity contribution is 7.80. The average Bonchev–Trinajstić information content (AvgIpc) is 2.72. The topological polar surface area (TPSA) is 133 Å². The third kappa shape index (κ3) is 5.54. The smallest absolute Gasteiger partial charge is 0.234 e. The van der Waals surface area contributed by atoms with Gasteiger partial charge in [0.25, 0.3) is 0 Å². The van der Waals surface area contributed by atoms with Crippen molar-refractivity contribution in [3.8, 4) is 0 Å². The van der Waals surface area contributed by atoms with Crippen molar-refractivity contribution in [2.75, 3.05) is 43.4 Å². The molecule has 0 spiro atoms. The molecular weight excluding hydrogens is 402 g/mol. The van der Waals surface area contributed by atoms with Gasteiger partial charge in [0.2, 0.25) is 17.8 Å². The number of rotatable bonds is 6. The van der Waals surface area contributed by atoms with Gasteiger partial charge < -0.3 is 15.5 Å². The lowest BCUT2D eigenvalue weighted by Gasteiger charge is -2.32. The van der Waals surface area contributed by atoms with Crippen LogP contribution in [-0.2, 0) is 6.42 Å². The largest absolute Gasteiger partial charge is 0.375 e. The molecule has 3 rings (SSSR count). The minimum Gasteiger partial charge on any atom is -0.375 e. The zero-order valence-corrected chi connectivity index (χ0v) is 18.5. The Morgan fingerprint density at radius 1 is 1.17 bits per heavy atom. The van der Waals surface area contributed by atoms with Gasteiger partial charge in [0.1, 0.15) is 5.82 Å². The second-order valence-corrected chi connectivity index (χ2v) is 7.45. The van der Waals surface area contributed by atoms with Gasteiger partial charge >= 0.3 is 0 Å². The van der Waals surface area contributed by atoms with Gasteiger partial charge in [-0.15, -0.1) is 0 Å². The molecular formula is C18H27N11S. The first kappa shape index (κ1) is 21.7. The number of thiocarbonyl (C=S) groups is 1. The number of nitrogens with two attached hydrogens (primary N) is 1. The summed E-state index contributed by atoms with van der Waals surface area (Å²) >= 11 is 4.77. The molecule has 1 aliphatic heterocycles. The molecule has 1 fully saturated rings. The van der Waals surface area contributed by atoms with E-state index in [1.165, 1.54) is 0 Å². The number of piperazine rings is 1. The maximum absolute atomic E-state index is 5.41. The Bertz CT molecular complexity index is 938. The predicted octanol–water partition coefficient (Wildman–Crippen LogP) is 0.585. The van der Waals surface area contributed by atoms with E-state index in [4.69, 9.17) is 18.0 Å². The molecule has 1 saturated heterocycles. The highest BCUT2D eigenvalue weighted by Crippen LogP contribution is 2.16. The zero-order valence-electron chi connectivity index (χ0n) is 17.7. The summed E-state index contributed by atoms with van der Waals surface area (Å²) in [7, 11) is 2.12. The molecule has 0 amide bonds. The summed E-state index contributed by atoms with van der Waals surface area (Å²) in [4.78, 5) is 27.0. The normalized spacial score (nSPS) is 15.2. The first-order valence-corrected chi connectivity index (χ1v) is 10.2. The minimum atomic E-state index is 0.101. The number of hydrazone groups is 1. The van der Waals surface area contributed by atoms with E-state index in [0.717, 1.165) is 43.3 Å². The molecule has 2 aromatic rings. The van der Waals surface area contributed by atoms with Crippen LogP contribution in [0.15, 0.2) is 11.3 Å². The van der Waals surface area contributed by atoms with E-state index in [2.05, 4.69) is 57.6 Å². The van der Waals surface area contributed by atoms with Gasteiger partial charge in [0.05, 0.1) is 11.4 Å². The molecule has 0 aromatic carbocycles. The summed E-state index contributed by atoms with van der Waals surface area (Å²) in [5, 5.41) is 7.33. The first-order valence-electron chi connectivity index (χ1n) is 9.75. The van der Waals surface area contributed by atoms with Crippen molar-refractivity contribution in [1.29, 1.82) is 0 Å². The summed E-state index contributed by atoms with van der Waals surface area (Å²) in [6.45, 7) is 9.44. The van der Waals surface area contributed by atoms with Crippen molar-refractivity contribution in [2.24, 2.45) is 10.8 Å². The van der Waals surface area contributed by atoms with Crippen molar-refractivity contribution in [2.45, 2.75) is 27.2 Å². The Hall–Kier alpha value is -2.99. The second kappa shape index (κ2) is 9.67. The fourth-order valence-corrected chi connectivity index (χ4v) is 3.00. The highest BCUT2D eigenvalue weighted by atomic mass is 32.1. The summed E-state index contributed by atoms with van der Waals surface area (Å²) in [5.41, 5.74) is 10.2. The van der Waals surface area contributed by atoms with Crippen molar-refractivity contribution in [1.82, 2.24) is 35.2 Å². The number of nitrogens with one attached hydrogen (secondary N) is 2. The van der Waals surface area contributed by atoms with Gasteiger partial charge in [-0.2, -0.15) is 20.1 Å². The first-order chi connectivity index (χ1) is 14.4. The van der Waals surface area contributed by atoms with Crippen LogP contribution in [0.3, 0.4) is 0 Å². The van der Waals surface area contributed by atoms with E-state index in [1.54, 1.807) is 6.20 Å². The van der Waals surface area contributed by atoms with Crippen LogP contribution in [-0.4, -0.2) is 73.9 Å². The lowest BCUT2D eigenvalue weighted by atomic mass is 10.2. The van der Waals surface area contributed by atoms with E-state index < -0.39 is 0 Å². The molecule has 0 bridgehead atoms. The molecule has 30 heavy (non-hydrogen) atoms. The van der Waals surface area contributed by atoms with Gasteiger partial charge in [-0.05, 0) is 33.1 Å². The Kier molecular flexibility index (Phi) is 7.00. The number of likely N-dealkylation sites (N-methyl/N-ethyl adjacent to an activating group) is 1. The van der Waals surface area contributed by atoms with Crippen LogP contribution in [0.25, 0.3) is 0 Å². The fraction of sp³-hybridized carbons (Fsp3) is 0.500. The highest BCUT2D eigenvalue weighted by Gasteiger charge is 2.18. The van der Waals surface area contributed by atoms with E-state index in [9.17, 15) is 0 Å². The molecule has 11 nitrogen and oxygen atoms in total. The van der Waals surface area contributed by atoms with Crippen LogP contribution in [0.4, 0.5) is 17.8 Å². The Balaban J connectivity index is 1.80. The second-order valence-electron chi connectivity index (χ2n) is 7.01. The van der Waals surface area contributed by atoms with Crippen LogP contribution < -0.4 is 21.4 Å². The van der Waals surface area contributed by atoms with Crippen LogP contribution in [0, 0.1) is 6.92 Å². The van der Waals surface area contributed by atoms with Crippen molar-refractivity contribution in [3.05, 3.63) is 23.3 Å². The standard InChI is InChI=1S/C18H27N11S/c1-5-14-22-17(25-18(23-14)29-8-6-28(4)7-9-29)24-16-20-10-13(11(2)21-16)12(3)26-27-15(19)30/h10H,5-9H2,1-4H3,(H3,19,27,30)(H,20,21,22,23,24,25)/b26-12+.